The summed E-state index contributed by atoms with van der Waals surface area (Å²) in [6.45, 7) is 1.69. The molecule has 8 heteroatoms. The maximum atomic E-state index is 14.6. The van der Waals surface area contributed by atoms with Gasteiger partial charge in [0.2, 0.25) is 5.91 Å². The third-order valence-electron chi connectivity index (χ3n) is 5.57. The molecule has 1 saturated carbocycles. The van der Waals surface area contributed by atoms with Crippen LogP contribution in [-0.4, -0.2) is 42.9 Å². The van der Waals surface area contributed by atoms with Crippen molar-refractivity contribution >= 4 is 23.3 Å². The number of hydrogen-bond donors (Lipinski definition) is 2. The van der Waals surface area contributed by atoms with E-state index in [1.54, 1.807) is 0 Å². The molecule has 2 fully saturated rings. The van der Waals surface area contributed by atoms with E-state index in [0.29, 0.717) is 12.0 Å². The summed E-state index contributed by atoms with van der Waals surface area (Å²) in [4.78, 5) is 24.1. The number of anilines is 1. The zero-order chi connectivity index (χ0) is 19.3. The smallest absolute Gasteiger partial charge is 0.414 e. The van der Waals surface area contributed by atoms with Crippen LogP contribution in [0.25, 0.3) is 5.57 Å². The number of aliphatic hydroxyl groups is 1. The van der Waals surface area contributed by atoms with Crippen LogP contribution in [0.3, 0.4) is 0 Å². The van der Waals surface area contributed by atoms with Gasteiger partial charge in [-0.05, 0) is 41.9 Å². The summed E-state index contributed by atoms with van der Waals surface area (Å²) in [5.74, 6) is -1.03. The first-order chi connectivity index (χ1) is 12.9. The van der Waals surface area contributed by atoms with Crippen molar-refractivity contribution in [3.05, 3.63) is 35.4 Å². The Balaban J connectivity index is 1.52. The molecule has 1 heterocycles. The fourth-order valence-corrected chi connectivity index (χ4v) is 4.12. The van der Waals surface area contributed by atoms with E-state index in [9.17, 15) is 23.5 Å². The molecular weight excluding hydrogens is 358 g/mol. The van der Waals surface area contributed by atoms with Gasteiger partial charge in [-0.2, -0.15) is 0 Å². The molecule has 1 aromatic rings. The van der Waals surface area contributed by atoms with Crippen LogP contribution in [0.15, 0.2) is 18.2 Å². The van der Waals surface area contributed by atoms with E-state index in [1.165, 1.54) is 6.92 Å². The topological polar surface area (TPSA) is 78.9 Å². The van der Waals surface area contributed by atoms with Gasteiger partial charge in [-0.15, -0.1) is 0 Å². The summed E-state index contributed by atoms with van der Waals surface area (Å²) in [6, 6.07) is 2.27. The van der Waals surface area contributed by atoms with Crippen LogP contribution in [0.1, 0.15) is 18.9 Å². The number of allylic oxidation sites excluding steroid dienone is 2. The maximum Gasteiger partial charge on any atom is 0.414 e. The number of hydrogen-bond acceptors (Lipinski definition) is 4. The van der Waals surface area contributed by atoms with Crippen molar-refractivity contribution in [1.29, 1.82) is 0 Å². The predicted octanol–water partition coefficient (Wildman–Crippen LogP) is 2.07. The van der Waals surface area contributed by atoms with Gasteiger partial charge in [0.05, 0.1) is 18.8 Å². The summed E-state index contributed by atoms with van der Waals surface area (Å²) in [6.07, 6.45) is 1.12. The minimum absolute atomic E-state index is 0.0648. The van der Waals surface area contributed by atoms with E-state index in [-0.39, 0.29) is 54.6 Å². The number of aliphatic hydroxyl groups excluding tert-OH is 1. The van der Waals surface area contributed by atoms with Crippen molar-refractivity contribution < 1.29 is 28.2 Å². The minimum Gasteiger partial charge on any atom is -0.442 e. The van der Waals surface area contributed by atoms with Gasteiger partial charge < -0.3 is 15.2 Å². The van der Waals surface area contributed by atoms with E-state index < -0.39 is 23.8 Å². The van der Waals surface area contributed by atoms with Gasteiger partial charge in [0.25, 0.3) is 0 Å². The average molecular weight is 378 g/mol. The Morgan fingerprint density at radius 1 is 1.37 bits per heavy atom. The molecule has 1 aliphatic heterocycles. The first-order valence-electron chi connectivity index (χ1n) is 8.92. The molecule has 0 aromatic heterocycles. The van der Waals surface area contributed by atoms with E-state index in [0.717, 1.165) is 17.0 Å². The number of cyclic esters (lactones) is 1. The second kappa shape index (κ2) is 6.60. The maximum absolute atomic E-state index is 14.6. The number of benzene rings is 1. The first-order valence-corrected chi connectivity index (χ1v) is 8.92. The van der Waals surface area contributed by atoms with Crippen LogP contribution in [0.4, 0.5) is 19.3 Å². The predicted molar refractivity (Wildman–Crippen MR) is 92.8 cm³/mol. The largest absolute Gasteiger partial charge is 0.442 e. The average Bonchev–Trinajstić information content (AvgIpc) is 2.92. The Labute approximate surface area is 154 Å². The number of nitrogens with zero attached hydrogens (tertiary/aromatic N) is 1. The lowest BCUT2D eigenvalue weighted by molar-refractivity contribution is -0.119. The van der Waals surface area contributed by atoms with Crippen molar-refractivity contribution in [1.82, 2.24) is 5.32 Å². The lowest BCUT2D eigenvalue weighted by Gasteiger charge is -2.16. The van der Waals surface area contributed by atoms with Gasteiger partial charge in [-0.25, -0.2) is 13.6 Å². The number of fused-ring (bicyclic) bond motifs is 1. The fourth-order valence-electron chi connectivity index (χ4n) is 4.12. The standard InChI is InChI=1S/C19H20F2N2O4/c1-9(25)22-6-12-7-23(19(26)27-12)11-4-16(20)18(17(21)5-11)10-2-13-14(3-10)15(13)8-24/h2,4-5,12-15,24H,3,6-8H2,1H3,(H,22,25)/t12-,13+,14+,15+/m0/s1. The Bertz CT molecular complexity index is 818. The molecule has 144 valence electrons. The lowest BCUT2D eigenvalue weighted by atomic mass is 9.99. The number of amides is 2. The van der Waals surface area contributed by atoms with Gasteiger partial charge in [0.1, 0.15) is 17.7 Å². The second-order valence-electron chi connectivity index (χ2n) is 7.32. The molecule has 1 aromatic carbocycles. The zero-order valence-corrected chi connectivity index (χ0v) is 14.7. The molecule has 0 spiro atoms. The van der Waals surface area contributed by atoms with Crippen LogP contribution in [0, 0.1) is 29.4 Å². The summed E-state index contributed by atoms with van der Waals surface area (Å²) >= 11 is 0. The summed E-state index contributed by atoms with van der Waals surface area (Å²) in [7, 11) is 0. The van der Waals surface area contributed by atoms with Crippen molar-refractivity contribution in [2.45, 2.75) is 19.4 Å². The van der Waals surface area contributed by atoms with Crippen molar-refractivity contribution in [2.75, 3.05) is 24.6 Å². The Kier molecular flexibility index (Phi) is 4.38. The zero-order valence-electron chi connectivity index (χ0n) is 14.7. The van der Waals surface area contributed by atoms with E-state index in [2.05, 4.69) is 5.32 Å². The van der Waals surface area contributed by atoms with Crippen molar-refractivity contribution in [3.63, 3.8) is 0 Å². The van der Waals surface area contributed by atoms with Gasteiger partial charge in [0.15, 0.2) is 0 Å². The molecule has 1 saturated heterocycles. The minimum atomic E-state index is -0.726. The van der Waals surface area contributed by atoms with E-state index in [1.807, 2.05) is 6.08 Å². The molecule has 0 unspecified atom stereocenters. The summed E-state index contributed by atoms with van der Waals surface area (Å²) < 4.78 is 34.4. The number of ether oxygens (including phenoxy) is 1. The highest BCUT2D eigenvalue weighted by atomic mass is 19.1. The van der Waals surface area contributed by atoms with Crippen LogP contribution in [0.5, 0.6) is 0 Å². The Morgan fingerprint density at radius 2 is 2.07 bits per heavy atom. The van der Waals surface area contributed by atoms with E-state index in [4.69, 9.17) is 4.74 Å². The quantitative estimate of drug-likeness (QED) is 0.822. The molecule has 2 aliphatic carbocycles. The Hall–Kier alpha value is -2.48. The van der Waals surface area contributed by atoms with Gasteiger partial charge >= 0.3 is 6.09 Å². The highest BCUT2D eigenvalue weighted by Gasteiger charge is 2.52. The molecule has 2 amide bonds. The molecular formula is C19H20F2N2O4. The fraction of sp³-hybridized carbons (Fsp3) is 0.474. The third-order valence-corrected chi connectivity index (χ3v) is 5.57. The molecule has 0 radical (unpaired) electrons. The second-order valence-corrected chi connectivity index (χ2v) is 7.32. The third kappa shape index (κ3) is 3.18. The van der Waals surface area contributed by atoms with E-state index >= 15 is 0 Å². The molecule has 4 atom stereocenters. The van der Waals surface area contributed by atoms with Crippen LogP contribution in [0.2, 0.25) is 0 Å². The molecule has 4 rings (SSSR count). The van der Waals surface area contributed by atoms with Gasteiger partial charge in [-0.1, -0.05) is 6.08 Å². The lowest BCUT2D eigenvalue weighted by Crippen LogP contribution is -2.33. The monoisotopic (exact) mass is 378 g/mol. The summed E-state index contributed by atoms with van der Waals surface area (Å²) in [5.41, 5.74) is 0.634. The van der Waals surface area contributed by atoms with Crippen molar-refractivity contribution in [2.24, 2.45) is 17.8 Å². The number of carbonyl (C=O) groups is 2. The highest BCUT2D eigenvalue weighted by molar-refractivity contribution is 5.90. The number of nitrogens with one attached hydrogen (secondary N) is 1. The molecule has 27 heavy (non-hydrogen) atoms. The number of halogens is 2. The van der Waals surface area contributed by atoms with Crippen LogP contribution < -0.4 is 10.2 Å². The van der Waals surface area contributed by atoms with Crippen molar-refractivity contribution in [3.8, 4) is 0 Å². The van der Waals surface area contributed by atoms with Gasteiger partial charge in [0, 0.05) is 19.1 Å². The van der Waals surface area contributed by atoms with Crippen LogP contribution >= 0.6 is 0 Å². The SMILES string of the molecule is CC(=O)NC[C@H]1CN(c2cc(F)c(C3=C[C@H]4[C@@H](CO)[C@@H]4C3)c(F)c2)C(=O)O1. The highest BCUT2D eigenvalue weighted by Crippen LogP contribution is 2.58. The molecule has 0 bridgehead atoms. The van der Waals surface area contributed by atoms with Gasteiger partial charge in [-0.3, -0.25) is 9.69 Å². The molecule has 6 nitrogen and oxygen atoms in total. The Morgan fingerprint density at radius 3 is 2.63 bits per heavy atom. The number of rotatable bonds is 5. The number of carbonyl (C=O) groups excluding carboxylic acids is 2. The van der Waals surface area contributed by atoms with Crippen LogP contribution in [-0.2, 0) is 9.53 Å². The molecule has 3 aliphatic rings. The normalized spacial score (nSPS) is 28.7. The molecule has 2 N–H and O–H groups in total. The summed E-state index contributed by atoms with van der Waals surface area (Å²) in [5, 5.41) is 11.7. The first kappa shape index (κ1) is 17.9.